The van der Waals surface area contributed by atoms with E-state index in [0.29, 0.717) is 25.9 Å². The van der Waals surface area contributed by atoms with E-state index in [1.807, 2.05) is 0 Å². The van der Waals surface area contributed by atoms with Gasteiger partial charge in [-0.2, -0.15) is 5.10 Å². The maximum absolute atomic E-state index is 12.6. The number of carbonyl (C=O) groups is 1. The summed E-state index contributed by atoms with van der Waals surface area (Å²) < 4.78 is 44.5. The first-order valence-electron chi connectivity index (χ1n) is 7.28. The molecule has 0 N–H and O–H groups in total. The number of hydrogen-bond donors (Lipinski definition) is 0. The van der Waals surface area contributed by atoms with Crippen LogP contribution in [0.2, 0.25) is 0 Å². The predicted molar refractivity (Wildman–Crippen MR) is 77.0 cm³/mol. The van der Waals surface area contributed by atoms with E-state index in [-0.39, 0.29) is 63.5 Å². The minimum absolute atomic E-state index is 0. The van der Waals surface area contributed by atoms with Gasteiger partial charge in [0.1, 0.15) is 5.60 Å². The summed E-state index contributed by atoms with van der Waals surface area (Å²) >= 11 is 0. The second kappa shape index (κ2) is 7.90. The molecule has 0 bridgehead atoms. The fourth-order valence-corrected chi connectivity index (χ4v) is 2.36. The first kappa shape index (κ1) is 21.0. The molecule has 1 aliphatic rings. The Morgan fingerprint density at radius 1 is 1.30 bits per heavy atom. The van der Waals surface area contributed by atoms with Gasteiger partial charge in [-0.25, -0.2) is 4.79 Å². The van der Waals surface area contributed by atoms with Crippen LogP contribution in [0.25, 0.3) is 0 Å². The van der Waals surface area contributed by atoms with Crippen LogP contribution >= 0.6 is 0 Å². The second-order valence-electron chi connectivity index (χ2n) is 6.53. The largest absolute Gasteiger partial charge is 1.00 e. The van der Waals surface area contributed by atoms with Crippen molar-refractivity contribution in [2.75, 3.05) is 13.1 Å². The molecule has 2 rings (SSSR count). The van der Waals surface area contributed by atoms with Crippen molar-refractivity contribution in [1.82, 2.24) is 14.7 Å². The van der Waals surface area contributed by atoms with Gasteiger partial charge in [-0.1, -0.05) is 5.46 Å². The summed E-state index contributed by atoms with van der Waals surface area (Å²) in [6.45, 7) is 1.26. The van der Waals surface area contributed by atoms with E-state index < -0.39 is 18.0 Å². The minimum Gasteiger partial charge on any atom is -0.445 e. The monoisotopic (exact) mass is 357 g/mol. The third kappa shape index (κ3) is 6.08. The average Bonchev–Trinajstić information content (AvgIpc) is 2.86. The topological polar surface area (TPSA) is 47.4 Å². The summed E-state index contributed by atoms with van der Waals surface area (Å²) in [6.07, 6.45) is 2.65. The molecule has 0 atom stereocenters. The molecule has 1 aromatic heterocycles. The van der Waals surface area contributed by atoms with Crippen LogP contribution in [-0.4, -0.2) is 46.4 Å². The second-order valence-corrected chi connectivity index (χ2v) is 6.53. The van der Waals surface area contributed by atoms with Gasteiger partial charge in [0.2, 0.25) is 0 Å². The van der Waals surface area contributed by atoms with Crippen molar-refractivity contribution in [3.8, 4) is 0 Å². The number of rotatable bonds is 2. The van der Waals surface area contributed by atoms with Crippen LogP contribution in [0.4, 0.5) is 17.7 Å². The fourth-order valence-electron chi connectivity index (χ4n) is 2.36. The van der Waals surface area contributed by atoms with E-state index in [4.69, 9.17) is 4.74 Å². The Bertz CT molecular complexity index is 537. The smallest absolute Gasteiger partial charge is 0.445 e. The Morgan fingerprint density at radius 2 is 1.87 bits per heavy atom. The van der Waals surface area contributed by atoms with Gasteiger partial charge in [0.05, 0.1) is 6.04 Å². The maximum atomic E-state index is 12.6. The van der Waals surface area contributed by atoms with Crippen molar-refractivity contribution in [3.63, 3.8) is 0 Å². The first-order chi connectivity index (χ1) is 10.1. The van der Waals surface area contributed by atoms with Crippen molar-refractivity contribution in [2.24, 2.45) is 0 Å². The standard InChI is InChI=1S/C13H20BF3N3O2.K/c1-13(2,3)22-12(21)19-6-4-11(5-7-19)20-9-10(8-18-20)14(15,16)17;/h8-9,11H,4-7H2,1-3H3;/q-1;+1. The van der Waals surface area contributed by atoms with Gasteiger partial charge in [-0.3, -0.25) is 4.68 Å². The molecule has 1 fully saturated rings. The molecular weight excluding hydrogens is 337 g/mol. The molecular formula is C13H20BF3KN3O2. The minimum atomic E-state index is -5.02. The molecule has 23 heavy (non-hydrogen) atoms. The Balaban J connectivity index is 0.00000264. The number of ether oxygens (including phenoxy) is 1. The molecule has 0 spiro atoms. The van der Waals surface area contributed by atoms with Crippen molar-refractivity contribution in [3.05, 3.63) is 12.4 Å². The molecule has 0 aliphatic carbocycles. The number of amides is 1. The van der Waals surface area contributed by atoms with Crippen LogP contribution in [0.15, 0.2) is 12.4 Å². The summed E-state index contributed by atoms with van der Waals surface area (Å²) in [4.78, 5) is 13.5. The van der Waals surface area contributed by atoms with Crippen molar-refractivity contribution in [1.29, 1.82) is 0 Å². The van der Waals surface area contributed by atoms with Gasteiger partial charge in [0.15, 0.2) is 0 Å². The average molecular weight is 357 g/mol. The number of hydrogen-bond acceptors (Lipinski definition) is 3. The molecule has 0 unspecified atom stereocenters. The molecule has 2 heterocycles. The van der Waals surface area contributed by atoms with Crippen LogP contribution in [0.3, 0.4) is 0 Å². The quantitative estimate of drug-likeness (QED) is 0.672. The third-order valence-corrected chi connectivity index (χ3v) is 3.49. The van der Waals surface area contributed by atoms with Crippen molar-refractivity contribution >= 4 is 18.5 Å². The van der Waals surface area contributed by atoms with Crippen LogP contribution in [0.5, 0.6) is 0 Å². The van der Waals surface area contributed by atoms with Crippen molar-refractivity contribution in [2.45, 2.75) is 45.3 Å². The zero-order valence-corrected chi connectivity index (χ0v) is 17.1. The molecule has 0 radical (unpaired) electrons. The molecule has 0 aromatic carbocycles. The summed E-state index contributed by atoms with van der Waals surface area (Å²) in [6, 6.07) is -0.120. The molecule has 0 saturated carbocycles. The van der Waals surface area contributed by atoms with Gasteiger partial charge in [0.25, 0.3) is 0 Å². The van der Waals surface area contributed by atoms with E-state index in [1.165, 1.54) is 4.68 Å². The molecule has 5 nitrogen and oxygen atoms in total. The van der Waals surface area contributed by atoms with E-state index >= 15 is 0 Å². The molecule has 1 aromatic rings. The summed E-state index contributed by atoms with van der Waals surface area (Å²) in [5.74, 6) is 0. The number of nitrogens with zero attached hydrogens (tertiary/aromatic N) is 3. The predicted octanol–water partition coefficient (Wildman–Crippen LogP) is -0.486. The van der Waals surface area contributed by atoms with Crippen LogP contribution in [0.1, 0.15) is 39.7 Å². The van der Waals surface area contributed by atoms with Gasteiger partial charge in [-0.05, 0) is 39.8 Å². The van der Waals surface area contributed by atoms with Gasteiger partial charge < -0.3 is 22.6 Å². The number of halogens is 3. The van der Waals surface area contributed by atoms with Gasteiger partial charge in [0, 0.05) is 19.3 Å². The van der Waals surface area contributed by atoms with Crippen LogP contribution in [0, 0.1) is 0 Å². The van der Waals surface area contributed by atoms with Crippen LogP contribution < -0.4 is 56.8 Å². The van der Waals surface area contributed by atoms with Crippen LogP contribution in [-0.2, 0) is 4.74 Å². The van der Waals surface area contributed by atoms with E-state index in [0.717, 1.165) is 12.4 Å². The SMILES string of the molecule is CC(C)(C)OC(=O)N1CCC(n2cc([B-](F)(F)F)cn2)CC1.[K+]. The van der Waals surface area contributed by atoms with E-state index in [2.05, 4.69) is 5.10 Å². The third-order valence-electron chi connectivity index (χ3n) is 3.49. The zero-order valence-electron chi connectivity index (χ0n) is 13.9. The Kier molecular flexibility index (Phi) is 7.22. The zero-order chi connectivity index (χ0) is 16.5. The van der Waals surface area contributed by atoms with Gasteiger partial charge in [-0.15, -0.1) is 0 Å². The van der Waals surface area contributed by atoms with E-state index in [1.54, 1.807) is 25.7 Å². The molecule has 1 aliphatic heterocycles. The normalized spacial score (nSPS) is 16.9. The first-order valence-corrected chi connectivity index (χ1v) is 7.28. The number of aromatic nitrogens is 2. The molecule has 10 heteroatoms. The fraction of sp³-hybridized carbons (Fsp3) is 0.692. The summed E-state index contributed by atoms with van der Waals surface area (Å²) in [5, 5.41) is 3.81. The Hall–Kier alpha value is -0.0287. The molecule has 1 saturated heterocycles. The maximum Gasteiger partial charge on any atom is 1.00 e. The Labute approximate surface area is 176 Å². The molecule has 1 amide bonds. The van der Waals surface area contributed by atoms with E-state index in [9.17, 15) is 17.7 Å². The number of carbonyl (C=O) groups excluding carboxylic acids is 1. The summed E-state index contributed by atoms with van der Waals surface area (Å²) in [5.41, 5.74) is -1.24. The molecule has 124 valence electrons. The number of likely N-dealkylation sites (tertiary alicyclic amines) is 1. The van der Waals surface area contributed by atoms with Gasteiger partial charge >= 0.3 is 64.5 Å². The summed E-state index contributed by atoms with van der Waals surface area (Å²) in [7, 11) is 0. The Morgan fingerprint density at radius 3 is 2.30 bits per heavy atom. The number of piperidine rings is 1. The van der Waals surface area contributed by atoms with Crippen molar-refractivity contribution < 1.29 is 73.9 Å².